The summed E-state index contributed by atoms with van der Waals surface area (Å²) >= 11 is 1.82. The highest BCUT2D eigenvalue weighted by atomic mass is 32.1. The molecule has 1 aromatic rings. The van der Waals surface area contributed by atoms with Gasteiger partial charge in [0.25, 0.3) is 0 Å². The lowest BCUT2D eigenvalue weighted by Crippen LogP contribution is -2.46. The van der Waals surface area contributed by atoms with E-state index in [1.54, 1.807) is 0 Å². The summed E-state index contributed by atoms with van der Waals surface area (Å²) in [5.41, 5.74) is 0. The van der Waals surface area contributed by atoms with E-state index in [-0.39, 0.29) is 0 Å². The topological polar surface area (TPSA) is 37.0 Å². The van der Waals surface area contributed by atoms with E-state index in [4.69, 9.17) is 0 Å². The zero-order valence-corrected chi connectivity index (χ0v) is 12.6. The van der Waals surface area contributed by atoms with E-state index in [1.807, 2.05) is 17.5 Å². The Morgan fingerprint density at radius 3 is 2.95 bits per heavy atom. The van der Waals surface area contributed by atoms with E-state index in [1.165, 1.54) is 55.0 Å². The number of aryl methyl sites for hydroxylation is 1. The molecule has 1 aliphatic heterocycles. The summed E-state index contributed by atoms with van der Waals surface area (Å²) in [7, 11) is 0. The fourth-order valence-electron chi connectivity index (χ4n) is 3.69. The van der Waals surface area contributed by atoms with Crippen LogP contribution >= 0.6 is 11.3 Å². The summed E-state index contributed by atoms with van der Waals surface area (Å²) in [6.07, 6.45) is 10.3. The lowest BCUT2D eigenvalue weighted by Gasteiger charge is -2.36. The van der Waals surface area contributed by atoms with Crippen molar-refractivity contribution in [1.29, 1.82) is 0 Å². The van der Waals surface area contributed by atoms with Crippen LogP contribution in [0.3, 0.4) is 0 Å². The summed E-state index contributed by atoms with van der Waals surface area (Å²) in [6.45, 7) is 4.31. The van der Waals surface area contributed by atoms with E-state index in [9.17, 15) is 0 Å². The van der Waals surface area contributed by atoms with Gasteiger partial charge in [-0.1, -0.05) is 12.8 Å². The van der Waals surface area contributed by atoms with Crippen molar-refractivity contribution in [3.8, 4) is 0 Å². The zero-order chi connectivity index (χ0) is 13.1. The Balaban J connectivity index is 1.57. The van der Waals surface area contributed by atoms with E-state index < -0.39 is 0 Å². The van der Waals surface area contributed by atoms with Gasteiger partial charge in [-0.05, 0) is 45.1 Å². The highest BCUT2D eigenvalue weighted by molar-refractivity contribution is 7.11. The van der Waals surface area contributed by atoms with Crippen LogP contribution in [0.15, 0.2) is 6.20 Å². The zero-order valence-electron chi connectivity index (χ0n) is 11.8. The van der Waals surface area contributed by atoms with Crippen LogP contribution in [-0.2, 0) is 6.54 Å². The predicted octanol–water partition coefficient (Wildman–Crippen LogP) is 2.85. The number of hydrogen-bond donors (Lipinski definition) is 2. The van der Waals surface area contributed by atoms with Crippen LogP contribution in [0, 0.1) is 12.8 Å². The molecule has 3 atom stereocenters. The van der Waals surface area contributed by atoms with E-state index >= 15 is 0 Å². The molecule has 3 nitrogen and oxygen atoms in total. The molecule has 2 heterocycles. The molecule has 0 aromatic carbocycles. The molecule has 1 aromatic heterocycles. The third kappa shape index (κ3) is 3.36. The smallest absolute Gasteiger partial charge is 0.0897 e. The molecule has 4 heteroatoms. The van der Waals surface area contributed by atoms with Crippen LogP contribution < -0.4 is 10.6 Å². The first-order valence-corrected chi connectivity index (χ1v) is 8.52. The second-order valence-corrected chi connectivity index (χ2v) is 7.30. The van der Waals surface area contributed by atoms with E-state index in [0.29, 0.717) is 6.04 Å². The quantitative estimate of drug-likeness (QED) is 0.890. The number of nitrogens with zero attached hydrogens (tertiary/aromatic N) is 1. The maximum absolute atomic E-state index is 4.34. The minimum atomic E-state index is 0.701. The molecule has 1 saturated carbocycles. The molecule has 106 valence electrons. The normalized spacial score (nSPS) is 31.7. The summed E-state index contributed by atoms with van der Waals surface area (Å²) < 4.78 is 0. The van der Waals surface area contributed by atoms with Crippen molar-refractivity contribution in [3.05, 3.63) is 16.1 Å². The molecular weight excluding hydrogens is 254 g/mol. The van der Waals surface area contributed by atoms with Gasteiger partial charge in [0.2, 0.25) is 0 Å². The fourth-order valence-corrected chi connectivity index (χ4v) is 4.44. The molecule has 0 amide bonds. The van der Waals surface area contributed by atoms with Crippen LogP contribution in [-0.4, -0.2) is 23.6 Å². The Morgan fingerprint density at radius 1 is 1.32 bits per heavy atom. The molecule has 2 fully saturated rings. The van der Waals surface area contributed by atoms with Gasteiger partial charge in [-0.15, -0.1) is 11.3 Å². The summed E-state index contributed by atoms with van der Waals surface area (Å²) in [5.74, 6) is 0.838. The maximum atomic E-state index is 4.34. The van der Waals surface area contributed by atoms with Gasteiger partial charge in [-0.3, -0.25) is 0 Å². The number of nitrogens with one attached hydrogen (secondary N) is 2. The third-order valence-corrected chi connectivity index (χ3v) is 5.56. The number of rotatable bonds is 4. The van der Waals surface area contributed by atoms with E-state index in [2.05, 4.69) is 22.5 Å². The van der Waals surface area contributed by atoms with Gasteiger partial charge in [0.1, 0.15) is 0 Å². The van der Waals surface area contributed by atoms with Gasteiger partial charge in [0.05, 0.1) is 5.01 Å². The van der Waals surface area contributed by atoms with Crippen LogP contribution in [0.5, 0.6) is 0 Å². The molecule has 3 unspecified atom stereocenters. The van der Waals surface area contributed by atoms with Crippen molar-refractivity contribution in [2.75, 3.05) is 6.54 Å². The van der Waals surface area contributed by atoms with Gasteiger partial charge >= 0.3 is 0 Å². The third-order valence-electron chi connectivity index (χ3n) is 4.64. The van der Waals surface area contributed by atoms with Gasteiger partial charge in [0, 0.05) is 29.7 Å². The lowest BCUT2D eigenvalue weighted by molar-refractivity contribution is 0.214. The van der Waals surface area contributed by atoms with Crippen molar-refractivity contribution in [3.63, 3.8) is 0 Å². The van der Waals surface area contributed by atoms with Gasteiger partial charge in [0.15, 0.2) is 0 Å². The van der Waals surface area contributed by atoms with Crippen molar-refractivity contribution < 1.29 is 0 Å². The summed E-state index contributed by atoms with van der Waals surface area (Å²) in [4.78, 5) is 5.72. The molecular formula is C15H25N3S. The van der Waals surface area contributed by atoms with Gasteiger partial charge in [-0.25, -0.2) is 4.98 Å². The second kappa shape index (κ2) is 6.33. The number of hydrogen-bond acceptors (Lipinski definition) is 4. The molecule has 0 bridgehead atoms. The Morgan fingerprint density at radius 2 is 2.21 bits per heavy atom. The van der Waals surface area contributed by atoms with Crippen LogP contribution in [0.4, 0.5) is 0 Å². The van der Waals surface area contributed by atoms with Crippen molar-refractivity contribution in [2.45, 2.75) is 64.1 Å². The first-order chi connectivity index (χ1) is 9.33. The van der Waals surface area contributed by atoms with Crippen LogP contribution in [0.25, 0.3) is 0 Å². The van der Waals surface area contributed by atoms with Crippen molar-refractivity contribution in [1.82, 2.24) is 15.6 Å². The fraction of sp³-hybridized carbons (Fsp3) is 0.800. The average molecular weight is 279 g/mol. The first-order valence-electron chi connectivity index (χ1n) is 7.71. The van der Waals surface area contributed by atoms with Crippen LogP contribution in [0.2, 0.25) is 0 Å². The molecule has 19 heavy (non-hydrogen) atoms. The minimum Gasteiger partial charge on any atom is -0.314 e. The Hall–Kier alpha value is -0.450. The lowest BCUT2D eigenvalue weighted by atomic mass is 9.79. The van der Waals surface area contributed by atoms with Gasteiger partial charge in [-0.2, -0.15) is 0 Å². The Labute approximate surface area is 120 Å². The summed E-state index contributed by atoms with van der Waals surface area (Å²) in [6, 6.07) is 1.47. The molecule has 0 radical (unpaired) electrons. The molecule has 1 aliphatic carbocycles. The molecule has 0 spiro atoms. The predicted molar refractivity (Wildman–Crippen MR) is 80.5 cm³/mol. The second-order valence-electron chi connectivity index (χ2n) is 5.98. The standard InChI is InChI=1S/C15H25N3S/c1-11-17-9-12(19-11)10-18-15-6-3-2-5-13(15)14-7-4-8-16-14/h9,13-16,18H,2-8,10H2,1H3. The maximum Gasteiger partial charge on any atom is 0.0897 e. The monoisotopic (exact) mass is 279 g/mol. The average Bonchev–Trinajstić information content (AvgIpc) is 3.08. The van der Waals surface area contributed by atoms with Crippen molar-refractivity contribution >= 4 is 11.3 Å². The molecule has 2 aliphatic rings. The molecule has 1 saturated heterocycles. The minimum absolute atomic E-state index is 0.701. The Kier molecular flexibility index (Phi) is 4.51. The first kappa shape index (κ1) is 13.5. The highest BCUT2D eigenvalue weighted by Gasteiger charge is 2.32. The van der Waals surface area contributed by atoms with Crippen molar-refractivity contribution in [2.24, 2.45) is 5.92 Å². The number of thiazole rings is 1. The highest BCUT2D eigenvalue weighted by Crippen LogP contribution is 2.31. The SMILES string of the molecule is Cc1ncc(CNC2CCCCC2C2CCCN2)s1. The largest absolute Gasteiger partial charge is 0.314 e. The van der Waals surface area contributed by atoms with Crippen LogP contribution in [0.1, 0.15) is 48.4 Å². The number of aromatic nitrogens is 1. The molecule has 3 rings (SSSR count). The van der Waals surface area contributed by atoms with Gasteiger partial charge < -0.3 is 10.6 Å². The summed E-state index contributed by atoms with van der Waals surface area (Å²) in [5, 5.41) is 8.69. The van der Waals surface area contributed by atoms with E-state index in [0.717, 1.165) is 18.5 Å². The Bertz CT molecular complexity index is 398. The molecule has 2 N–H and O–H groups in total.